The number of thiophene rings is 1. The highest BCUT2D eigenvalue weighted by atomic mass is 32.1. The van der Waals surface area contributed by atoms with Gasteiger partial charge in [0, 0.05) is 4.88 Å². The van der Waals surface area contributed by atoms with Crippen LogP contribution in [0.4, 0.5) is 5.00 Å². The van der Waals surface area contributed by atoms with E-state index in [1.807, 2.05) is 43.3 Å². The summed E-state index contributed by atoms with van der Waals surface area (Å²) in [6, 6.07) is 11.9. The SMILES string of the molecule is CC(=C/c1ccccc1)/C=N/NC(=O)C(=O)Nc1sc2c(c1C#N)CCCC2. The highest BCUT2D eigenvalue weighted by Crippen LogP contribution is 2.37. The fourth-order valence-electron chi connectivity index (χ4n) is 3.03. The number of carbonyl (C=O) groups excluding carboxylic acids is 2. The number of carbonyl (C=O) groups is 2. The fraction of sp³-hybridized carbons (Fsp3) is 0.238. The minimum Gasteiger partial charge on any atom is -0.308 e. The third-order valence-corrected chi connectivity index (χ3v) is 5.55. The molecule has 0 saturated carbocycles. The van der Waals surface area contributed by atoms with Crippen molar-refractivity contribution in [3.8, 4) is 6.07 Å². The zero-order valence-corrected chi connectivity index (χ0v) is 16.3. The molecule has 142 valence electrons. The maximum absolute atomic E-state index is 12.1. The number of aryl methyl sites for hydroxylation is 1. The molecule has 3 rings (SSSR count). The normalized spacial score (nSPS) is 13.6. The van der Waals surface area contributed by atoms with Gasteiger partial charge in [0.05, 0.1) is 11.8 Å². The molecule has 6 nitrogen and oxygen atoms in total. The van der Waals surface area contributed by atoms with E-state index < -0.39 is 11.8 Å². The zero-order valence-electron chi connectivity index (χ0n) is 15.5. The van der Waals surface area contributed by atoms with E-state index in [0.717, 1.165) is 47.3 Å². The van der Waals surface area contributed by atoms with Crippen LogP contribution in [0, 0.1) is 11.3 Å². The second kappa shape index (κ2) is 9.11. The number of fused-ring (bicyclic) bond motifs is 1. The van der Waals surface area contributed by atoms with Gasteiger partial charge in [0.2, 0.25) is 0 Å². The average Bonchev–Trinajstić information content (AvgIpc) is 3.05. The summed E-state index contributed by atoms with van der Waals surface area (Å²) in [5.41, 5.74) is 5.54. The Bertz CT molecular complexity index is 984. The Labute approximate surface area is 167 Å². The minimum absolute atomic E-state index is 0.443. The number of nitrogens with one attached hydrogen (secondary N) is 2. The molecular formula is C21H20N4O2S. The van der Waals surface area contributed by atoms with Crippen LogP contribution in [0.3, 0.4) is 0 Å². The summed E-state index contributed by atoms with van der Waals surface area (Å²) < 4.78 is 0. The minimum atomic E-state index is -0.876. The second-order valence-corrected chi connectivity index (χ2v) is 7.58. The molecule has 0 aliphatic heterocycles. The third kappa shape index (κ3) is 4.72. The molecular weight excluding hydrogens is 372 g/mol. The molecule has 0 radical (unpaired) electrons. The van der Waals surface area contributed by atoms with E-state index in [-0.39, 0.29) is 0 Å². The predicted molar refractivity (Wildman–Crippen MR) is 111 cm³/mol. The number of anilines is 1. The molecule has 28 heavy (non-hydrogen) atoms. The largest absolute Gasteiger partial charge is 0.329 e. The van der Waals surface area contributed by atoms with Gasteiger partial charge in [0.15, 0.2) is 0 Å². The monoisotopic (exact) mass is 392 g/mol. The number of allylic oxidation sites excluding steroid dienone is 1. The van der Waals surface area contributed by atoms with E-state index in [2.05, 4.69) is 21.9 Å². The van der Waals surface area contributed by atoms with Crippen LogP contribution in [-0.2, 0) is 22.4 Å². The third-order valence-electron chi connectivity index (χ3n) is 4.34. The lowest BCUT2D eigenvalue weighted by molar-refractivity contribution is -0.136. The van der Waals surface area contributed by atoms with Crippen molar-refractivity contribution in [2.45, 2.75) is 32.6 Å². The summed E-state index contributed by atoms with van der Waals surface area (Å²) >= 11 is 1.38. The van der Waals surface area contributed by atoms with Crippen molar-refractivity contribution in [2.24, 2.45) is 5.10 Å². The van der Waals surface area contributed by atoms with Crippen LogP contribution in [0.1, 0.15) is 41.3 Å². The van der Waals surface area contributed by atoms with Gasteiger partial charge in [-0.2, -0.15) is 10.4 Å². The summed E-state index contributed by atoms with van der Waals surface area (Å²) in [4.78, 5) is 25.3. The summed E-state index contributed by atoms with van der Waals surface area (Å²) in [7, 11) is 0. The van der Waals surface area contributed by atoms with E-state index in [9.17, 15) is 14.9 Å². The summed E-state index contributed by atoms with van der Waals surface area (Å²) in [6.07, 6.45) is 7.25. The number of hydrogen-bond acceptors (Lipinski definition) is 5. The molecule has 0 atom stereocenters. The van der Waals surface area contributed by atoms with Crippen LogP contribution < -0.4 is 10.7 Å². The first kappa shape index (κ1) is 19.5. The molecule has 1 aliphatic carbocycles. The number of nitrogens with zero attached hydrogens (tertiary/aromatic N) is 2. The smallest absolute Gasteiger partial charge is 0.308 e. The van der Waals surface area contributed by atoms with Crippen LogP contribution in [0.15, 0.2) is 41.0 Å². The highest BCUT2D eigenvalue weighted by molar-refractivity contribution is 7.16. The molecule has 0 spiro atoms. The van der Waals surface area contributed by atoms with E-state index >= 15 is 0 Å². The van der Waals surface area contributed by atoms with Gasteiger partial charge < -0.3 is 5.32 Å². The topological polar surface area (TPSA) is 94.3 Å². The van der Waals surface area contributed by atoms with Crippen LogP contribution >= 0.6 is 11.3 Å². The standard InChI is InChI=1S/C21H20N4O2S/c1-14(11-15-7-3-2-4-8-15)13-23-25-20(27)19(26)24-21-17(12-22)16-9-5-6-10-18(16)28-21/h2-4,7-8,11,13H,5-6,9-10H2,1H3,(H,24,26)(H,25,27)/b14-11-,23-13+. The van der Waals surface area contributed by atoms with E-state index in [1.54, 1.807) is 0 Å². The lowest BCUT2D eigenvalue weighted by Gasteiger charge is -2.09. The van der Waals surface area contributed by atoms with Gasteiger partial charge >= 0.3 is 11.8 Å². The number of nitriles is 1. The Balaban J connectivity index is 1.60. The van der Waals surface area contributed by atoms with Gasteiger partial charge in [-0.05, 0) is 49.3 Å². The molecule has 1 aromatic heterocycles. The number of hydrogen-bond donors (Lipinski definition) is 2. The Morgan fingerprint density at radius 1 is 1.18 bits per heavy atom. The van der Waals surface area contributed by atoms with Crippen molar-refractivity contribution in [1.82, 2.24) is 5.43 Å². The summed E-state index contributed by atoms with van der Waals surface area (Å²) in [5.74, 6) is -1.71. The van der Waals surface area contributed by atoms with Crippen LogP contribution in [-0.4, -0.2) is 18.0 Å². The quantitative estimate of drug-likeness (QED) is 0.472. The molecule has 2 aromatic rings. The molecule has 1 heterocycles. The molecule has 0 saturated heterocycles. The summed E-state index contributed by atoms with van der Waals surface area (Å²) in [6.45, 7) is 1.85. The first-order chi connectivity index (χ1) is 13.6. The van der Waals surface area contributed by atoms with Crippen molar-refractivity contribution < 1.29 is 9.59 Å². The number of hydrazone groups is 1. The lowest BCUT2D eigenvalue weighted by Crippen LogP contribution is -2.32. The number of amides is 2. The van der Waals surface area contributed by atoms with E-state index in [1.165, 1.54) is 17.6 Å². The van der Waals surface area contributed by atoms with Crippen LogP contribution in [0.2, 0.25) is 0 Å². The molecule has 1 aliphatic rings. The van der Waals surface area contributed by atoms with Gasteiger partial charge in [-0.25, -0.2) is 5.43 Å². The summed E-state index contributed by atoms with van der Waals surface area (Å²) in [5, 5.41) is 16.2. The van der Waals surface area contributed by atoms with E-state index in [0.29, 0.717) is 10.6 Å². The lowest BCUT2D eigenvalue weighted by atomic mass is 9.96. The molecule has 0 fully saturated rings. The maximum atomic E-state index is 12.1. The Morgan fingerprint density at radius 2 is 1.93 bits per heavy atom. The van der Waals surface area contributed by atoms with Crippen LogP contribution in [0.25, 0.3) is 6.08 Å². The van der Waals surface area contributed by atoms with Gasteiger partial charge in [0.25, 0.3) is 0 Å². The van der Waals surface area contributed by atoms with Crippen molar-refractivity contribution >= 4 is 40.4 Å². The number of rotatable bonds is 4. The molecule has 0 unspecified atom stereocenters. The maximum Gasteiger partial charge on any atom is 0.329 e. The van der Waals surface area contributed by atoms with Gasteiger partial charge in [-0.15, -0.1) is 11.3 Å². The molecule has 2 N–H and O–H groups in total. The van der Waals surface area contributed by atoms with Gasteiger partial charge in [-0.3, -0.25) is 9.59 Å². The number of benzene rings is 1. The fourth-order valence-corrected chi connectivity index (χ4v) is 4.26. The Hall–Kier alpha value is -3.24. The first-order valence-corrected chi connectivity index (χ1v) is 9.82. The highest BCUT2D eigenvalue weighted by Gasteiger charge is 2.23. The zero-order chi connectivity index (χ0) is 19.9. The van der Waals surface area contributed by atoms with Crippen molar-refractivity contribution in [3.05, 3.63) is 57.5 Å². The first-order valence-electron chi connectivity index (χ1n) is 9.01. The van der Waals surface area contributed by atoms with E-state index in [4.69, 9.17) is 0 Å². The molecule has 1 aromatic carbocycles. The second-order valence-electron chi connectivity index (χ2n) is 6.48. The predicted octanol–water partition coefficient (Wildman–Crippen LogP) is 3.64. The molecule has 0 bridgehead atoms. The Morgan fingerprint density at radius 3 is 2.68 bits per heavy atom. The average molecular weight is 392 g/mol. The Kier molecular flexibility index (Phi) is 6.35. The van der Waals surface area contributed by atoms with Crippen molar-refractivity contribution in [3.63, 3.8) is 0 Å². The van der Waals surface area contributed by atoms with Crippen LogP contribution in [0.5, 0.6) is 0 Å². The van der Waals surface area contributed by atoms with Gasteiger partial charge in [0.1, 0.15) is 11.1 Å². The van der Waals surface area contributed by atoms with Crippen molar-refractivity contribution in [2.75, 3.05) is 5.32 Å². The molecule has 7 heteroatoms. The van der Waals surface area contributed by atoms with Crippen molar-refractivity contribution in [1.29, 1.82) is 5.26 Å². The molecule has 2 amide bonds. The van der Waals surface area contributed by atoms with Gasteiger partial charge in [-0.1, -0.05) is 36.4 Å².